The van der Waals surface area contributed by atoms with Crippen LogP contribution in [0.15, 0.2) is 18.2 Å². The summed E-state index contributed by atoms with van der Waals surface area (Å²) in [6.45, 7) is 5.29. The highest BCUT2D eigenvalue weighted by Gasteiger charge is 2.06. The van der Waals surface area contributed by atoms with Crippen molar-refractivity contribution in [3.05, 3.63) is 29.6 Å². The number of hydrogen-bond donors (Lipinski definition) is 2. The molecule has 1 rings (SSSR count). The largest absolute Gasteiger partial charge is 0.494 e. The maximum absolute atomic E-state index is 13.0. The van der Waals surface area contributed by atoms with Gasteiger partial charge in [-0.2, -0.15) is 0 Å². The molecular formula is C14H22FNO2. The van der Waals surface area contributed by atoms with E-state index in [9.17, 15) is 4.39 Å². The van der Waals surface area contributed by atoms with Gasteiger partial charge in [-0.3, -0.25) is 0 Å². The molecule has 102 valence electrons. The molecule has 0 fully saturated rings. The first-order chi connectivity index (χ1) is 8.67. The van der Waals surface area contributed by atoms with Crippen LogP contribution in [0.3, 0.4) is 0 Å². The van der Waals surface area contributed by atoms with Crippen molar-refractivity contribution >= 4 is 0 Å². The van der Waals surface area contributed by atoms with E-state index in [1.165, 1.54) is 6.07 Å². The first-order valence-corrected chi connectivity index (χ1v) is 6.40. The Bertz CT molecular complexity index is 358. The van der Waals surface area contributed by atoms with Crippen LogP contribution in [0.5, 0.6) is 5.75 Å². The van der Waals surface area contributed by atoms with Crippen LogP contribution in [0.4, 0.5) is 4.39 Å². The van der Waals surface area contributed by atoms with Gasteiger partial charge in [-0.05, 0) is 50.1 Å². The van der Waals surface area contributed by atoms with Gasteiger partial charge in [0.25, 0.3) is 0 Å². The molecular weight excluding hydrogens is 233 g/mol. The zero-order valence-electron chi connectivity index (χ0n) is 11.1. The molecule has 0 bridgehead atoms. The van der Waals surface area contributed by atoms with E-state index in [0.717, 1.165) is 19.4 Å². The summed E-state index contributed by atoms with van der Waals surface area (Å²) in [7, 11) is 0. The summed E-state index contributed by atoms with van der Waals surface area (Å²) < 4.78 is 18.6. The Morgan fingerprint density at radius 1 is 1.44 bits per heavy atom. The van der Waals surface area contributed by atoms with Crippen molar-refractivity contribution in [3.8, 4) is 5.75 Å². The number of aliphatic hydroxyl groups excluding tert-OH is 1. The van der Waals surface area contributed by atoms with Crippen molar-refractivity contribution in [2.24, 2.45) is 0 Å². The third-order valence-corrected chi connectivity index (χ3v) is 2.77. The summed E-state index contributed by atoms with van der Waals surface area (Å²) >= 11 is 0. The Kier molecular flexibility index (Phi) is 6.68. The minimum atomic E-state index is -0.222. The van der Waals surface area contributed by atoms with Crippen molar-refractivity contribution < 1.29 is 14.2 Å². The van der Waals surface area contributed by atoms with Crippen LogP contribution < -0.4 is 10.1 Å². The number of hydrogen-bond acceptors (Lipinski definition) is 3. The van der Waals surface area contributed by atoms with Crippen LogP contribution in [0, 0.1) is 12.7 Å². The highest BCUT2D eigenvalue weighted by atomic mass is 19.1. The third-order valence-electron chi connectivity index (χ3n) is 2.77. The van der Waals surface area contributed by atoms with E-state index in [1.54, 1.807) is 19.1 Å². The maximum atomic E-state index is 13.0. The molecule has 1 atom stereocenters. The lowest BCUT2D eigenvalue weighted by atomic mass is 10.2. The quantitative estimate of drug-likeness (QED) is 0.748. The van der Waals surface area contributed by atoms with Crippen molar-refractivity contribution in [1.29, 1.82) is 0 Å². The maximum Gasteiger partial charge on any atom is 0.126 e. The molecule has 4 heteroatoms. The molecule has 1 aromatic carbocycles. The molecule has 18 heavy (non-hydrogen) atoms. The number of benzene rings is 1. The van der Waals surface area contributed by atoms with Crippen LogP contribution >= 0.6 is 0 Å². The molecule has 0 aliphatic heterocycles. The van der Waals surface area contributed by atoms with Gasteiger partial charge in [0, 0.05) is 6.04 Å². The van der Waals surface area contributed by atoms with Crippen LogP contribution in [0.2, 0.25) is 0 Å². The lowest BCUT2D eigenvalue weighted by Gasteiger charge is -2.16. The third kappa shape index (κ3) is 5.02. The standard InChI is InChI=1S/C14H22FNO2/c1-3-7-16-12(10-17)6-8-18-13-4-5-14(15)11(2)9-13/h4-5,9,12,16-17H,3,6-8,10H2,1-2H3. The van der Waals surface area contributed by atoms with Crippen LogP contribution in [-0.4, -0.2) is 30.9 Å². The number of rotatable bonds is 8. The molecule has 0 aliphatic rings. The van der Waals surface area contributed by atoms with Gasteiger partial charge >= 0.3 is 0 Å². The van der Waals surface area contributed by atoms with E-state index in [-0.39, 0.29) is 18.5 Å². The van der Waals surface area contributed by atoms with E-state index in [1.807, 2.05) is 0 Å². The van der Waals surface area contributed by atoms with Gasteiger partial charge in [-0.1, -0.05) is 6.92 Å². The zero-order valence-corrected chi connectivity index (χ0v) is 11.1. The van der Waals surface area contributed by atoms with Gasteiger partial charge in [0.1, 0.15) is 11.6 Å². The smallest absolute Gasteiger partial charge is 0.126 e. The monoisotopic (exact) mass is 255 g/mol. The molecule has 0 heterocycles. The summed E-state index contributed by atoms with van der Waals surface area (Å²) in [5.41, 5.74) is 0.579. The van der Waals surface area contributed by atoms with E-state index in [0.29, 0.717) is 17.9 Å². The molecule has 2 N–H and O–H groups in total. The minimum Gasteiger partial charge on any atom is -0.494 e. The fourth-order valence-electron chi connectivity index (χ4n) is 1.63. The molecule has 0 saturated heterocycles. The van der Waals surface area contributed by atoms with Crippen molar-refractivity contribution in [3.63, 3.8) is 0 Å². The SMILES string of the molecule is CCCNC(CO)CCOc1ccc(F)c(C)c1. The zero-order chi connectivity index (χ0) is 13.4. The first kappa shape index (κ1) is 14.9. The number of aryl methyl sites for hydroxylation is 1. The van der Waals surface area contributed by atoms with E-state index in [2.05, 4.69) is 12.2 Å². The molecule has 0 radical (unpaired) electrons. The lowest BCUT2D eigenvalue weighted by molar-refractivity contribution is 0.209. The van der Waals surface area contributed by atoms with Gasteiger partial charge in [-0.15, -0.1) is 0 Å². The molecule has 0 aliphatic carbocycles. The average Bonchev–Trinajstić information content (AvgIpc) is 2.37. The molecule has 0 amide bonds. The second kappa shape index (κ2) is 8.06. The van der Waals surface area contributed by atoms with Crippen LogP contribution in [0.25, 0.3) is 0 Å². The Labute approximate surface area is 108 Å². The fourth-order valence-corrected chi connectivity index (χ4v) is 1.63. The second-order valence-electron chi connectivity index (χ2n) is 4.38. The van der Waals surface area contributed by atoms with Crippen molar-refractivity contribution in [1.82, 2.24) is 5.32 Å². The van der Waals surface area contributed by atoms with Gasteiger partial charge in [0.15, 0.2) is 0 Å². The Hall–Kier alpha value is -1.13. The summed E-state index contributed by atoms with van der Waals surface area (Å²) in [6, 6.07) is 4.77. The highest BCUT2D eigenvalue weighted by Crippen LogP contribution is 2.16. The predicted octanol–water partition coefficient (Wildman–Crippen LogP) is 2.26. The molecule has 3 nitrogen and oxygen atoms in total. The van der Waals surface area contributed by atoms with E-state index >= 15 is 0 Å². The Morgan fingerprint density at radius 3 is 2.83 bits per heavy atom. The summed E-state index contributed by atoms with van der Waals surface area (Å²) in [6.07, 6.45) is 1.77. The number of halogens is 1. The van der Waals surface area contributed by atoms with E-state index < -0.39 is 0 Å². The highest BCUT2D eigenvalue weighted by molar-refractivity contribution is 5.28. The topological polar surface area (TPSA) is 41.5 Å². The number of nitrogens with one attached hydrogen (secondary N) is 1. The van der Waals surface area contributed by atoms with Crippen molar-refractivity contribution in [2.45, 2.75) is 32.7 Å². The average molecular weight is 255 g/mol. The fraction of sp³-hybridized carbons (Fsp3) is 0.571. The normalized spacial score (nSPS) is 12.4. The molecule has 1 unspecified atom stereocenters. The first-order valence-electron chi connectivity index (χ1n) is 6.40. The van der Waals surface area contributed by atoms with Crippen LogP contribution in [-0.2, 0) is 0 Å². The summed E-state index contributed by atoms with van der Waals surface area (Å²) in [5, 5.41) is 12.4. The van der Waals surface area contributed by atoms with Gasteiger partial charge < -0.3 is 15.2 Å². The van der Waals surface area contributed by atoms with Gasteiger partial charge in [-0.25, -0.2) is 4.39 Å². The summed E-state index contributed by atoms with van der Waals surface area (Å²) in [5.74, 6) is 0.446. The predicted molar refractivity (Wildman–Crippen MR) is 70.4 cm³/mol. The van der Waals surface area contributed by atoms with Gasteiger partial charge in [0.2, 0.25) is 0 Å². The number of aliphatic hydroxyl groups is 1. The van der Waals surface area contributed by atoms with Gasteiger partial charge in [0.05, 0.1) is 13.2 Å². The molecule has 1 aromatic rings. The minimum absolute atomic E-state index is 0.0616. The lowest BCUT2D eigenvalue weighted by Crippen LogP contribution is -2.34. The summed E-state index contributed by atoms with van der Waals surface area (Å²) in [4.78, 5) is 0. The Morgan fingerprint density at radius 2 is 2.22 bits per heavy atom. The van der Waals surface area contributed by atoms with Crippen molar-refractivity contribution in [2.75, 3.05) is 19.8 Å². The van der Waals surface area contributed by atoms with Crippen LogP contribution in [0.1, 0.15) is 25.3 Å². The molecule has 0 aromatic heterocycles. The Balaban J connectivity index is 2.33. The molecule has 0 saturated carbocycles. The molecule has 0 spiro atoms. The second-order valence-corrected chi connectivity index (χ2v) is 4.38. The van der Waals surface area contributed by atoms with E-state index in [4.69, 9.17) is 9.84 Å². The number of ether oxygens (including phenoxy) is 1.